The zero-order valence-corrected chi connectivity index (χ0v) is 12.8. The van der Waals surface area contributed by atoms with Gasteiger partial charge in [0.15, 0.2) is 0 Å². The molecule has 0 aliphatic heterocycles. The van der Waals surface area contributed by atoms with Crippen LogP contribution in [0.15, 0.2) is 12.1 Å². The van der Waals surface area contributed by atoms with Gasteiger partial charge in [-0.05, 0) is 39.8 Å². The summed E-state index contributed by atoms with van der Waals surface area (Å²) in [5, 5.41) is 5.79. The van der Waals surface area contributed by atoms with E-state index in [0.29, 0.717) is 6.54 Å². The lowest BCUT2D eigenvalue weighted by Crippen LogP contribution is -2.37. The molecule has 0 atom stereocenters. The molecule has 1 aromatic rings. The van der Waals surface area contributed by atoms with Crippen LogP contribution in [-0.2, 0) is 4.79 Å². The van der Waals surface area contributed by atoms with Gasteiger partial charge in [-0.1, -0.05) is 0 Å². The maximum atomic E-state index is 13.7. The Balaban J connectivity index is 2.74. The second-order valence-corrected chi connectivity index (χ2v) is 5.97. The molecule has 1 aromatic carbocycles. The summed E-state index contributed by atoms with van der Waals surface area (Å²) in [6.45, 7) is 8.04. The Hall–Kier alpha value is -1.95. The van der Waals surface area contributed by atoms with Gasteiger partial charge in [-0.25, -0.2) is 4.39 Å². The summed E-state index contributed by atoms with van der Waals surface area (Å²) in [6, 6.07) is 2.45. The summed E-state index contributed by atoms with van der Waals surface area (Å²) in [4.78, 5) is 23.0. The number of hydrogen-bond donors (Lipinski definition) is 3. The number of halogens is 1. The van der Waals surface area contributed by atoms with Crippen molar-refractivity contribution in [3.8, 4) is 0 Å². The fraction of sp³-hybridized carbons (Fsp3) is 0.467. The number of nitrogens with one attached hydrogen (secondary N) is 2. The van der Waals surface area contributed by atoms with Crippen molar-refractivity contribution in [2.45, 2.75) is 39.7 Å². The van der Waals surface area contributed by atoms with Crippen LogP contribution in [-0.4, -0.2) is 23.9 Å². The third kappa shape index (κ3) is 5.51. The number of carbonyl (C=O) groups is 2. The molecule has 0 saturated carbocycles. The minimum atomic E-state index is -0.737. The molecule has 21 heavy (non-hydrogen) atoms. The molecule has 0 aromatic heterocycles. The number of amides is 2. The molecule has 1 rings (SSSR count). The molecule has 4 N–H and O–H groups in total. The first kappa shape index (κ1) is 17.1. The van der Waals surface area contributed by atoms with Gasteiger partial charge in [0.05, 0.1) is 0 Å². The summed E-state index contributed by atoms with van der Waals surface area (Å²) in [7, 11) is 0. The first-order valence-electron chi connectivity index (χ1n) is 6.75. The smallest absolute Gasteiger partial charge is 0.248 e. The van der Waals surface area contributed by atoms with Crippen LogP contribution in [0, 0.1) is 12.7 Å². The van der Waals surface area contributed by atoms with Crippen molar-refractivity contribution in [1.82, 2.24) is 5.32 Å². The van der Waals surface area contributed by atoms with E-state index < -0.39 is 11.7 Å². The summed E-state index contributed by atoms with van der Waals surface area (Å²) in [5.41, 5.74) is 5.63. The molecule has 0 bridgehead atoms. The molecular formula is C15H22FN3O2. The van der Waals surface area contributed by atoms with Crippen LogP contribution in [0.2, 0.25) is 0 Å². The molecule has 0 aliphatic rings. The van der Waals surface area contributed by atoms with Gasteiger partial charge in [-0.15, -0.1) is 0 Å². The summed E-state index contributed by atoms with van der Waals surface area (Å²) in [5.74, 6) is -1.57. The maximum Gasteiger partial charge on any atom is 0.248 e. The highest BCUT2D eigenvalue weighted by Crippen LogP contribution is 2.20. The van der Waals surface area contributed by atoms with Crippen molar-refractivity contribution in [1.29, 1.82) is 0 Å². The summed E-state index contributed by atoms with van der Waals surface area (Å²) < 4.78 is 13.7. The molecule has 0 fully saturated rings. The lowest BCUT2D eigenvalue weighted by atomic mass is 10.1. The van der Waals surface area contributed by atoms with Crippen LogP contribution in [0.4, 0.5) is 10.1 Å². The van der Waals surface area contributed by atoms with Gasteiger partial charge in [0.2, 0.25) is 11.8 Å². The Morgan fingerprint density at radius 3 is 2.43 bits per heavy atom. The average molecular weight is 295 g/mol. The van der Waals surface area contributed by atoms with Crippen LogP contribution in [0.1, 0.15) is 43.1 Å². The van der Waals surface area contributed by atoms with Crippen molar-refractivity contribution >= 4 is 17.5 Å². The van der Waals surface area contributed by atoms with Crippen LogP contribution in [0.25, 0.3) is 0 Å². The largest absolute Gasteiger partial charge is 0.366 e. The van der Waals surface area contributed by atoms with Gasteiger partial charge in [0.1, 0.15) is 5.82 Å². The molecule has 6 heteroatoms. The van der Waals surface area contributed by atoms with Crippen molar-refractivity contribution in [2.75, 3.05) is 11.9 Å². The number of rotatable bonds is 5. The molecule has 0 aliphatic carbocycles. The second kappa shape index (κ2) is 6.67. The lowest BCUT2D eigenvalue weighted by Gasteiger charge is -2.20. The van der Waals surface area contributed by atoms with Gasteiger partial charge >= 0.3 is 0 Å². The van der Waals surface area contributed by atoms with Crippen LogP contribution in [0.3, 0.4) is 0 Å². The van der Waals surface area contributed by atoms with E-state index in [1.54, 1.807) is 0 Å². The normalized spacial score (nSPS) is 11.3. The van der Waals surface area contributed by atoms with E-state index in [1.807, 2.05) is 20.8 Å². The van der Waals surface area contributed by atoms with Gasteiger partial charge in [0.25, 0.3) is 0 Å². The maximum absolute atomic E-state index is 13.7. The van der Waals surface area contributed by atoms with E-state index in [2.05, 4.69) is 10.6 Å². The minimum Gasteiger partial charge on any atom is -0.366 e. The zero-order valence-electron chi connectivity index (χ0n) is 12.8. The highest BCUT2D eigenvalue weighted by molar-refractivity contribution is 5.97. The number of nitrogens with two attached hydrogens (primary N) is 1. The van der Waals surface area contributed by atoms with Crippen molar-refractivity contribution < 1.29 is 14.0 Å². The van der Waals surface area contributed by atoms with Crippen molar-refractivity contribution in [3.05, 3.63) is 29.1 Å². The lowest BCUT2D eigenvalue weighted by molar-refractivity contribution is -0.116. The summed E-state index contributed by atoms with van der Waals surface area (Å²) >= 11 is 0. The Bertz CT molecular complexity index is 551. The zero-order chi connectivity index (χ0) is 16.2. The van der Waals surface area contributed by atoms with E-state index in [1.165, 1.54) is 13.0 Å². The number of primary amides is 1. The van der Waals surface area contributed by atoms with Crippen molar-refractivity contribution in [2.24, 2.45) is 5.73 Å². The molecule has 0 unspecified atom stereocenters. The molecule has 0 heterocycles. The quantitative estimate of drug-likeness (QED) is 0.776. The molecule has 0 spiro atoms. The van der Waals surface area contributed by atoms with Crippen molar-refractivity contribution in [3.63, 3.8) is 0 Å². The summed E-state index contributed by atoms with van der Waals surface area (Å²) in [6.07, 6.45) is 0.249. The fourth-order valence-corrected chi connectivity index (χ4v) is 1.71. The third-order valence-electron chi connectivity index (χ3n) is 2.91. The molecular weight excluding hydrogens is 273 g/mol. The van der Waals surface area contributed by atoms with E-state index in [-0.39, 0.29) is 34.7 Å². The minimum absolute atomic E-state index is 0.0289. The molecule has 2 amide bonds. The molecule has 0 saturated heterocycles. The predicted molar refractivity (Wildman–Crippen MR) is 80.7 cm³/mol. The molecule has 116 valence electrons. The predicted octanol–water partition coefficient (Wildman–Crippen LogP) is 1.95. The topological polar surface area (TPSA) is 84.2 Å². The highest BCUT2D eigenvalue weighted by atomic mass is 19.1. The molecule has 0 radical (unpaired) electrons. The SMILES string of the molecule is Cc1c(F)cc(C(N)=O)cc1NC(=O)CCNC(C)(C)C. The van der Waals surface area contributed by atoms with E-state index >= 15 is 0 Å². The second-order valence-electron chi connectivity index (χ2n) is 5.97. The first-order chi connectivity index (χ1) is 9.60. The van der Waals surface area contributed by atoms with Gasteiger partial charge in [-0.3, -0.25) is 9.59 Å². The van der Waals surface area contributed by atoms with E-state index in [0.717, 1.165) is 6.07 Å². The fourth-order valence-electron chi connectivity index (χ4n) is 1.71. The number of anilines is 1. The van der Waals surface area contributed by atoms with Gasteiger partial charge < -0.3 is 16.4 Å². The third-order valence-corrected chi connectivity index (χ3v) is 2.91. The van der Waals surface area contributed by atoms with E-state index in [4.69, 9.17) is 5.73 Å². The highest BCUT2D eigenvalue weighted by Gasteiger charge is 2.13. The number of benzene rings is 1. The Labute approximate surface area is 124 Å². The van der Waals surface area contributed by atoms with E-state index in [9.17, 15) is 14.0 Å². The Kier molecular flexibility index (Phi) is 5.43. The molecule has 5 nitrogen and oxygen atoms in total. The van der Waals surface area contributed by atoms with Gasteiger partial charge in [0, 0.05) is 35.3 Å². The van der Waals surface area contributed by atoms with Crippen LogP contribution < -0.4 is 16.4 Å². The Morgan fingerprint density at radius 2 is 1.90 bits per heavy atom. The average Bonchev–Trinajstić information content (AvgIpc) is 2.32. The standard InChI is InChI=1S/C15H22FN3O2/c1-9-11(16)7-10(14(17)21)8-12(9)19-13(20)5-6-18-15(2,3)4/h7-8,18H,5-6H2,1-4H3,(H2,17,21)(H,19,20). The monoisotopic (exact) mass is 295 g/mol. The van der Waals surface area contributed by atoms with Crippen LogP contribution >= 0.6 is 0 Å². The first-order valence-corrected chi connectivity index (χ1v) is 6.75. The number of hydrogen-bond acceptors (Lipinski definition) is 3. The number of carbonyl (C=O) groups excluding carboxylic acids is 2. The Morgan fingerprint density at radius 1 is 1.29 bits per heavy atom. The van der Waals surface area contributed by atoms with Crippen LogP contribution in [0.5, 0.6) is 0 Å². The van der Waals surface area contributed by atoms with Gasteiger partial charge in [-0.2, -0.15) is 0 Å².